The van der Waals surface area contributed by atoms with Crippen LogP contribution in [0.4, 0.5) is 0 Å². The number of pyridine rings is 1. The fourth-order valence-corrected chi connectivity index (χ4v) is 3.36. The molecule has 0 bridgehead atoms. The van der Waals surface area contributed by atoms with Gasteiger partial charge in [0.05, 0.1) is 12.0 Å². The molecule has 3 heterocycles. The standard InChI is InChI=1S/C16H20N2O7/c1-17-9(4-5-10(17)19)8-3-2-6-18(7-8)15-13(22)11(20)12(21)14(25-15)16(23)24/h2-3,6-7,9,11-15,20-22H,4-5H2,1H3/t9-,11?,12-,13?,14?,15-/m0/s1. The normalized spacial score (nSPS) is 35.8. The summed E-state index contributed by atoms with van der Waals surface area (Å²) in [5.74, 6) is -1.65. The summed E-state index contributed by atoms with van der Waals surface area (Å²) >= 11 is 0. The highest BCUT2D eigenvalue weighted by atomic mass is 16.6. The Labute approximate surface area is 143 Å². The maximum Gasteiger partial charge on any atom is 0.292 e. The number of carbonyl (C=O) groups is 2. The molecule has 1 amide bonds. The fraction of sp³-hybridized carbons (Fsp3) is 0.562. The van der Waals surface area contributed by atoms with E-state index in [4.69, 9.17) is 4.74 Å². The van der Waals surface area contributed by atoms with Gasteiger partial charge in [0, 0.05) is 25.1 Å². The van der Waals surface area contributed by atoms with Crippen LogP contribution in [0, 0.1) is 0 Å². The van der Waals surface area contributed by atoms with Gasteiger partial charge >= 0.3 is 0 Å². The van der Waals surface area contributed by atoms with Crippen molar-refractivity contribution in [1.82, 2.24) is 4.90 Å². The molecule has 9 nitrogen and oxygen atoms in total. The number of aliphatic carboxylic acids is 1. The monoisotopic (exact) mass is 352 g/mol. The van der Waals surface area contributed by atoms with Crippen LogP contribution in [-0.4, -0.2) is 63.6 Å². The van der Waals surface area contributed by atoms with E-state index in [1.165, 1.54) is 4.57 Å². The molecule has 2 aliphatic heterocycles. The molecular weight excluding hydrogens is 332 g/mol. The molecule has 3 rings (SSSR count). The Morgan fingerprint density at radius 3 is 2.64 bits per heavy atom. The van der Waals surface area contributed by atoms with Gasteiger partial charge in [-0.15, -0.1) is 0 Å². The highest BCUT2D eigenvalue weighted by Gasteiger charge is 2.49. The first-order valence-corrected chi connectivity index (χ1v) is 7.98. The van der Waals surface area contributed by atoms with Gasteiger partial charge in [0.1, 0.15) is 18.3 Å². The third-order valence-electron chi connectivity index (χ3n) is 4.84. The maximum absolute atomic E-state index is 11.7. The number of carbonyl (C=O) groups excluding carboxylic acids is 2. The average Bonchev–Trinajstić information content (AvgIpc) is 2.92. The van der Waals surface area contributed by atoms with Crippen LogP contribution in [0.15, 0.2) is 24.5 Å². The summed E-state index contributed by atoms with van der Waals surface area (Å²) in [4.78, 5) is 24.4. The molecule has 2 aliphatic rings. The van der Waals surface area contributed by atoms with Gasteiger partial charge in [0.15, 0.2) is 18.5 Å². The van der Waals surface area contributed by atoms with E-state index in [0.29, 0.717) is 12.8 Å². The van der Waals surface area contributed by atoms with Gasteiger partial charge < -0.3 is 34.9 Å². The third kappa shape index (κ3) is 3.11. The molecule has 9 heteroatoms. The zero-order valence-corrected chi connectivity index (χ0v) is 13.6. The molecule has 0 aromatic carbocycles. The van der Waals surface area contributed by atoms with Crippen molar-refractivity contribution in [3.63, 3.8) is 0 Å². The second-order valence-electron chi connectivity index (χ2n) is 6.38. The van der Waals surface area contributed by atoms with E-state index in [0.717, 1.165) is 5.56 Å². The summed E-state index contributed by atoms with van der Waals surface area (Å²) in [6.45, 7) is 0. The van der Waals surface area contributed by atoms with Crippen molar-refractivity contribution >= 4 is 11.9 Å². The number of likely N-dealkylation sites (tertiary alicyclic amines) is 1. The Morgan fingerprint density at radius 1 is 1.32 bits per heavy atom. The summed E-state index contributed by atoms with van der Waals surface area (Å²) < 4.78 is 6.67. The van der Waals surface area contributed by atoms with Crippen LogP contribution in [0.5, 0.6) is 0 Å². The molecule has 2 saturated heterocycles. The summed E-state index contributed by atoms with van der Waals surface area (Å²) in [7, 11) is 1.70. The number of carboxylic acids is 1. The smallest absolute Gasteiger partial charge is 0.292 e. The van der Waals surface area contributed by atoms with Crippen molar-refractivity contribution in [3.8, 4) is 0 Å². The van der Waals surface area contributed by atoms with Crippen molar-refractivity contribution in [2.45, 2.75) is 49.5 Å². The summed E-state index contributed by atoms with van der Waals surface area (Å²) in [6, 6.07) is 3.36. The molecule has 0 radical (unpaired) electrons. The van der Waals surface area contributed by atoms with Crippen LogP contribution in [0.2, 0.25) is 0 Å². The Hall–Kier alpha value is -2.07. The Balaban J connectivity index is 1.89. The Kier molecular flexibility index (Phi) is 4.74. The van der Waals surface area contributed by atoms with Crippen molar-refractivity contribution in [2.24, 2.45) is 0 Å². The summed E-state index contributed by atoms with van der Waals surface area (Å²) in [5.41, 5.74) is 0.789. The van der Waals surface area contributed by atoms with Crippen LogP contribution in [-0.2, 0) is 14.3 Å². The van der Waals surface area contributed by atoms with Gasteiger partial charge in [-0.05, 0) is 12.5 Å². The molecule has 3 unspecified atom stereocenters. The molecule has 1 aromatic rings. The van der Waals surface area contributed by atoms with Crippen molar-refractivity contribution in [2.75, 3.05) is 7.05 Å². The zero-order valence-electron chi connectivity index (χ0n) is 13.6. The first-order chi connectivity index (χ1) is 11.8. The van der Waals surface area contributed by atoms with E-state index in [9.17, 15) is 30.0 Å². The highest BCUT2D eigenvalue weighted by Crippen LogP contribution is 2.31. The average molecular weight is 352 g/mol. The first-order valence-electron chi connectivity index (χ1n) is 7.98. The number of ether oxygens (including phenoxy) is 1. The van der Waals surface area contributed by atoms with Gasteiger partial charge in [0.2, 0.25) is 5.91 Å². The van der Waals surface area contributed by atoms with Gasteiger partial charge in [0.25, 0.3) is 6.23 Å². The van der Waals surface area contributed by atoms with E-state index in [2.05, 4.69) is 0 Å². The molecule has 1 aromatic heterocycles. The minimum Gasteiger partial charge on any atom is -0.547 e. The number of aliphatic hydroxyl groups is 3. The van der Waals surface area contributed by atoms with Gasteiger partial charge in [-0.25, -0.2) is 0 Å². The highest BCUT2D eigenvalue weighted by molar-refractivity contribution is 5.78. The minimum absolute atomic E-state index is 0.0323. The molecular formula is C16H20N2O7. The van der Waals surface area contributed by atoms with Gasteiger partial charge in [-0.2, -0.15) is 4.57 Å². The lowest BCUT2D eigenvalue weighted by atomic mass is 9.97. The zero-order chi connectivity index (χ0) is 18.3. The largest absolute Gasteiger partial charge is 0.547 e. The molecule has 0 aliphatic carbocycles. The predicted octanol–water partition coefficient (Wildman–Crippen LogP) is -3.00. The molecule has 2 fully saturated rings. The number of aromatic nitrogens is 1. The molecule has 6 atom stereocenters. The second kappa shape index (κ2) is 6.68. The van der Waals surface area contributed by atoms with E-state index in [-0.39, 0.29) is 11.9 Å². The van der Waals surface area contributed by atoms with E-state index in [1.807, 2.05) is 6.07 Å². The number of hydrogen-bond acceptors (Lipinski definition) is 7. The lowest BCUT2D eigenvalue weighted by molar-refractivity contribution is -0.777. The van der Waals surface area contributed by atoms with E-state index in [1.54, 1.807) is 30.4 Å². The fourth-order valence-electron chi connectivity index (χ4n) is 3.36. The van der Waals surface area contributed by atoms with Crippen LogP contribution in [0.3, 0.4) is 0 Å². The SMILES string of the molecule is CN1C(=O)CC[C@H]1c1ccc[n+]([C@H]2OC(C(=O)[O-])[C@@H](O)C(O)C2O)c1. The molecule has 136 valence electrons. The molecule has 0 saturated carbocycles. The Morgan fingerprint density at radius 2 is 2.04 bits per heavy atom. The van der Waals surface area contributed by atoms with Gasteiger partial charge in [-0.3, -0.25) is 4.79 Å². The second-order valence-corrected chi connectivity index (χ2v) is 6.38. The van der Waals surface area contributed by atoms with Crippen LogP contribution in [0.25, 0.3) is 0 Å². The number of rotatable bonds is 3. The predicted molar refractivity (Wildman–Crippen MR) is 78.3 cm³/mol. The number of carboxylic acid groups (broad SMARTS) is 1. The first kappa shape index (κ1) is 17.7. The van der Waals surface area contributed by atoms with Crippen LogP contribution < -0.4 is 9.67 Å². The summed E-state index contributed by atoms with van der Waals surface area (Å²) in [6.07, 6.45) is -3.75. The van der Waals surface area contributed by atoms with E-state index < -0.39 is 36.6 Å². The molecule has 0 spiro atoms. The lowest BCUT2D eigenvalue weighted by Gasteiger charge is -2.37. The molecule has 25 heavy (non-hydrogen) atoms. The van der Waals surface area contributed by atoms with Crippen LogP contribution in [0.1, 0.15) is 30.7 Å². The van der Waals surface area contributed by atoms with Gasteiger partial charge in [-0.1, -0.05) is 0 Å². The Bertz CT molecular complexity index is 682. The summed E-state index contributed by atoms with van der Waals surface area (Å²) in [5, 5.41) is 40.9. The number of amides is 1. The van der Waals surface area contributed by atoms with Crippen LogP contribution >= 0.6 is 0 Å². The third-order valence-corrected chi connectivity index (χ3v) is 4.84. The number of aliphatic hydroxyl groups excluding tert-OH is 3. The van der Waals surface area contributed by atoms with E-state index >= 15 is 0 Å². The quantitative estimate of drug-likeness (QED) is 0.494. The lowest BCUT2D eigenvalue weighted by Crippen LogP contribution is -2.65. The van der Waals surface area contributed by atoms with Crippen molar-refractivity contribution in [1.29, 1.82) is 0 Å². The minimum atomic E-state index is -1.79. The van der Waals surface area contributed by atoms with Crippen molar-refractivity contribution in [3.05, 3.63) is 30.1 Å². The maximum atomic E-state index is 11.7. The topological polar surface area (TPSA) is 134 Å². The number of hydrogen-bond donors (Lipinski definition) is 3. The number of nitrogens with zero attached hydrogens (tertiary/aromatic N) is 2. The molecule has 3 N–H and O–H groups in total. The van der Waals surface area contributed by atoms with Crippen molar-refractivity contribution < 1.29 is 39.3 Å².